The van der Waals surface area contributed by atoms with Crippen LogP contribution in [-0.2, 0) is 33.0 Å². The van der Waals surface area contributed by atoms with Crippen molar-refractivity contribution in [3.63, 3.8) is 0 Å². The van der Waals surface area contributed by atoms with E-state index in [0.717, 1.165) is 64.2 Å². The molecule has 9 aromatic carbocycles. The summed E-state index contributed by atoms with van der Waals surface area (Å²) < 4.78 is 27.6. The molecule has 0 unspecified atom stereocenters. The number of ether oxygens (including phenoxy) is 5. The van der Waals surface area contributed by atoms with Crippen LogP contribution in [0.15, 0.2) is 176 Å². The molecule has 26 nitrogen and oxygen atoms in total. The zero-order valence-electron chi connectivity index (χ0n) is 52.5. The van der Waals surface area contributed by atoms with Crippen LogP contribution in [-0.4, -0.2) is 96.7 Å². The van der Waals surface area contributed by atoms with Crippen molar-refractivity contribution >= 4 is 106 Å². The van der Waals surface area contributed by atoms with E-state index in [0.29, 0.717) is 67.3 Å². The monoisotopic (exact) mass is 1380 g/mol. The number of methoxy groups -OCH3 is 5. The molecular weight excluding hydrogens is 1310 g/mol. The van der Waals surface area contributed by atoms with Crippen molar-refractivity contribution in [1.82, 2.24) is 9.97 Å². The minimum absolute atomic E-state index is 0.00368. The number of aromatic nitrogens is 2. The predicted octanol–water partition coefficient (Wildman–Crippen LogP) is 12.4. The molecule has 0 aliphatic carbocycles. The number of nitrogens with two attached hydrogens (primary N) is 2. The van der Waals surface area contributed by atoms with Gasteiger partial charge in [0.15, 0.2) is 0 Å². The molecule has 0 aliphatic heterocycles. The smallest absolute Gasteiger partial charge is 0.269 e. The summed E-state index contributed by atoms with van der Waals surface area (Å²) in [7, 11) is 7.84. The Morgan fingerprint density at radius 1 is 0.454 bits per heavy atom. The number of nitrogens with zero attached hydrogens (tertiary/aromatic N) is 5. The minimum atomic E-state index is -0.534. The van der Waals surface area contributed by atoms with E-state index in [-0.39, 0.29) is 55.7 Å². The molecule has 502 valence electrons. The highest BCUT2D eigenvalue weighted by Crippen LogP contribution is 2.40. The highest BCUT2D eigenvalue weighted by molar-refractivity contribution is 7.81. The Morgan fingerprint density at radius 3 is 1.18 bits per heavy atom. The van der Waals surface area contributed by atoms with Gasteiger partial charge in [0.2, 0.25) is 0 Å². The van der Waals surface area contributed by atoms with E-state index in [1.54, 1.807) is 131 Å². The standard InChI is InChI=1S/C15H14N2O5.C15H12N2O4S.C15H14N2O4S.C15H14N2O2S.C8H11NO2/c1-22-13-7-4-11(9-18)14(8-13)16-15(19)10-2-5-12(6-3-10)17(20)21;1-21-12-7-4-10(8-18)13-14(12)22-15(16-13)9-2-5-11(6-3-9)17(19)20;1-21-13-7-4-11(9-18)14(8-13)16-15(22)10-2-5-12(6-3-10)17(19)20;1-19-12-7-4-10(8-18)13-14(12)20-15(17-13)9-2-5-11(16)6-3-9;1-11-7-3-2-6(5-10)8(9)4-7/h2-8,18H,9H2,1H3,(H,16,19);2-7,18H,8H2,1H3;2-8,18H,9H2,1H3,(H,16,22);2-7,18H,8,16H2,1H3;2-4,10H,5,9H2,1H3. The van der Waals surface area contributed by atoms with Crippen molar-refractivity contribution in [2.45, 2.75) is 33.0 Å². The molecule has 1 amide bonds. The van der Waals surface area contributed by atoms with Gasteiger partial charge in [-0.2, -0.15) is 0 Å². The fourth-order valence-corrected chi connectivity index (χ4v) is 11.3. The second-order valence-corrected chi connectivity index (χ2v) is 22.5. The number of anilines is 4. The molecule has 11 N–H and O–H groups in total. The Bertz CT molecular complexity index is 4330. The van der Waals surface area contributed by atoms with Gasteiger partial charge in [0.1, 0.15) is 43.8 Å². The lowest BCUT2D eigenvalue weighted by atomic mass is 10.1. The van der Waals surface area contributed by atoms with Gasteiger partial charge >= 0.3 is 0 Å². The first-order valence-electron chi connectivity index (χ1n) is 28.7. The SMILES string of the molecule is COc1ccc(CO)c(N)c1.COc1ccc(CO)c(NC(=O)c2ccc([N+](=O)[O-])cc2)c1.COc1ccc(CO)c(NC(=S)c2ccc([N+](=O)[O-])cc2)c1.COc1ccc(CO)c2nc(-c3ccc(N)cc3)sc12.COc1ccc(CO)c2nc(-c3ccc([N+](=O)[O-])cc3)sc12. The number of aliphatic hydroxyl groups excluding tert-OH is 5. The average Bonchev–Trinajstić information content (AvgIpc) is 1.65. The first-order chi connectivity index (χ1) is 46.7. The third-order valence-electron chi connectivity index (χ3n) is 14.1. The molecule has 97 heavy (non-hydrogen) atoms. The van der Waals surface area contributed by atoms with E-state index in [9.17, 15) is 55.6 Å². The van der Waals surface area contributed by atoms with E-state index >= 15 is 0 Å². The maximum absolute atomic E-state index is 12.2. The fraction of sp³-hybridized carbons (Fsp3) is 0.147. The lowest BCUT2D eigenvalue weighted by Crippen LogP contribution is -2.13. The number of amides is 1. The molecule has 0 fully saturated rings. The lowest BCUT2D eigenvalue weighted by Gasteiger charge is -2.13. The number of fused-ring (bicyclic) bond motifs is 2. The molecule has 0 saturated heterocycles. The molecular formula is C68H65N9O17S3. The number of thiazole rings is 2. The van der Waals surface area contributed by atoms with E-state index in [2.05, 4.69) is 20.6 Å². The van der Waals surface area contributed by atoms with Crippen molar-refractivity contribution in [3.05, 3.63) is 245 Å². The van der Waals surface area contributed by atoms with E-state index < -0.39 is 20.7 Å². The fourth-order valence-electron chi connectivity index (χ4n) is 8.82. The number of nitro groups is 3. The predicted molar refractivity (Wildman–Crippen MR) is 377 cm³/mol. The van der Waals surface area contributed by atoms with E-state index in [1.807, 2.05) is 36.4 Å². The molecule has 29 heteroatoms. The Hall–Kier alpha value is -11.3. The zero-order valence-corrected chi connectivity index (χ0v) is 55.0. The summed E-state index contributed by atoms with van der Waals surface area (Å²) >= 11 is 8.27. The van der Waals surface area contributed by atoms with Gasteiger partial charge in [-0.05, 0) is 91.0 Å². The van der Waals surface area contributed by atoms with Gasteiger partial charge in [0, 0.05) is 122 Å². The van der Waals surface area contributed by atoms with Crippen LogP contribution in [0.4, 0.5) is 39.8 Å². The number of rotatable bonds is 19. The first kappa shape index (κ1) is 73.1. The molecule has 11 aromatic rings. The highest BCUT2D eigenvalue weighted by Gasteiger charge is 2.18. The summed E-state index contributed by atoms with van der Waals surface area (Å²) in [5.41, 5.74) is 21.2. The molecule has 0 saturated carbocycles. The van der Waals surface area contributed by atoms with Crippen LogP contribution in [0.3, 0.4) is 0 Å². The van der Waals surface area contributed by atoms with Crippen molar-refractivity contribution < 1.29 is 68.8 Å². The van der Waals surface area contributed by atoms with Crippen molar-refractivity contribution in [1.29, 1.82) is 0 Å². The van der Waals surface area contributed by atoms with E-state index in [4.69, 9.17) is 52.5 Å². The summed E-state index contributed by atoms with van der Waals surface area (Å²) in [5.74, 6) is 2.91. The molecule has 2 heterocycles. The van der Waals surface area contributed by atoms with Gasteiger partial charge < -0.3 is 71.3 Å². The molecule has 0 bridgehead atoms. The van der Waals surface area contributed by atoms with Gasteiger partial charge in [0.25, 0.3) is 23.0 Å². The average molecular weight is 1380 g/mol. The summed E-state index contributed by atoms with van der Waals surface area (Å²) in [6, 6.07) is 47.6. The van der Waals surface area contributed by atoms with Crippen LogP contribution in [0, 0.1) is 30.3 Å². The van der Waals surface area contributed by atoms with Crippen LogP contribution in [0.1, 0.15) is 43.7 Å². The Kier molecular flexibility index (Phi) is 26.6. The number of hydrogen-bond acceptors (Lipinski definition) is 24. The van der Waals surface area contributed by atoms with Crippen molar-refractivity contribution in [3.8, 4) is 49.9 Å². The quantitative estimate of drug-likeness (QED) is 0.0157. The number of nitrogens with one attached hydrogen (secondary N) is 2. The summed E-state index contributed by atoms with van der Waals surface area (Å²) in [5, 5.41) is 85.5. The first-order valence-corrected chi connectivity index (χ1v) is 30.7. The Labute approximate surface area is 567 Å². The third kappa shape index (κ3) is 19.2. The van der Waals surface area contributed by atoms with Gasteiger partial charge in [0.05, 0.1) is 109 Å². The number of benzene rings is 9. The largest absolute Gasteiger partial charge is 0.497 e. The zero-order chi connectivity index (χ0) is 70.3. The van der Waals surface area contributed by atoms with E-state index in [1.165, 1.54) is 67.0 Å². The van der Waals surface area contributed by atoms with Gasteiger partial charge in [-0.25, -0.2) is 9.97 Å². The molecule has 0 atom stereocenters. The second kappa shape index (κ2) is 35.3. The molecule has 0 aliphatic rings. The van der Waals surface area contributed by atoms with Gasteiger partial charge in [-0.15, -0.1) is 22.7 Å². The molecule has 0 radical (unpaired) electrons. The number of non-ortho nitro benzene ring substituents is 3. The Morgan fingerprint density at radius 2 is 0.804 bits per heavy atom. The summed E-state index contributed by atoms with van der Waals surface area (Å²) in [6.45, 7) is -0.555. The number of thiocarbonyl (C=S) groups is 1. The number of hydrogen-bond donors (Lipinski definition) is 9. The van der Waals surface area contributed by atoms with Crippen LogP contribution in [0.25, 0.3) is 41.6 Å². The normalized spacial score (nSPS) is 10.4. The maximum atomic E-state index is 12.2. The van der Waals surface area contributed by atoms with Gasteiger partial charge in [-0.3, -0.25) is 35.1 Å². The third-order valence-corrected chi connectivity index (χ3v) is 16.7. The number of carbonyl (C=O) groups excluding carboxylic acids is 1. The van der Waals surface area contributed by atoms with Crippen molar-refractivity contribution in [2.75, 3.05) is 57.6 Å². The molecule has 11 rings (SSSR count). The van der Waals surface area contributed by atoms with Crippen LogP contribution in [0.2, 0.25) is 0 Å². The number of aliphatic hydroxyl groups is 5. The highest BCUT2D eigenvalue weighted by atomic mass is 32.1. The topological polar surface area (TPSA) is 396 Å². The number of nitro benzene ring substituents is 3. The van der Waals surface area contributed by atoms with Crippen LogP contribution in [0.5, 0.6) is 28.7 Å². The van der Waals surface area contributed by atoms with Crippen LogP contribution < -0.4 is 45.8 Å². The maximum Gasteiger partial charge on any atom is 0.269 e. The van der Waals surface area contributed by atoms with Gasteiger partial charge in [-0.1, -0.05) is 42.5 Å². The summed E-state index contributed by atoms with van der Waals surface area (Å²) in [6.07, 6.45) is 0. The van der Waals surface area contributed by atoms with Crippen LogP contribution >= 0.6 is 34.9 Å². The Balaban J connectivity index is 0.000000173. The number of nitrogen functional groups attached to an aromatic ring is 2. The second-order valence-electron chi connectivity index (χ2n) is 20.1. The minimum Gasteiger partial charge on any atom is -0.497 e. The lowest BCUT2D eigenvalue weighted by molar-refractivity contribution is -0.385. The number of carbonyl (C=O) groups is 1. The summed E-state index contributed by atoms with van der Waals surface area (Å²) in [4.78, 5) is 52.2. The van der Waals surface area contributed by atoms with Crippen molar-refractivity contribution in [2.24, 2.45) is 0 Å². The molecule has 0 spiro atoms. The molecule has 2 aromatic heterocycles.